The number of esters is 1. The number of rotatable bonds is 3. The summed E-state index contributed by atoms with van der Waals surface area (Å²) in [6, 6.07) is 2.18. The van der Waals surface area contributed by atoms with Crippen molar-refractivity contribution in [3.05, 3.63) is 27.8 Å². The van der Waals surface area contributed by atoms with Gasteiger partial charge in [0.25, 0.3) is 0 Å². The molecule has 16 heavy (non-hydrogen) atoms. The third-order valence-corrected chi connectivity index (χ3v) is 1.90. The molecule has 0 saturated heterocycles. The molecule has 0 saturated carbocycles. The van der Waals surface area contributed by atoms with E-state index in [4.69, 9.17) is 4.74 Å². The lowest BCUT2D eigenvalue weighted by atomic mass is 10.1. The SMILES string of the molecule is COC(=O)c1cc(OC)cc([N+](=O)[O-])c1O. The highest BCUT2D eigenvalue weighted by Crippen LogP contribution is 2.34. The number of ether oxygens (including phenoxy) is 2. The highest BCUT2D eigenvalue weighted by Gasteiger charge is 2.24. The maximum Gasteiger partial charge on any atom is 0.342 e. The Labute approximate surface area is 90.4 Å². The molecule has 0 atom stereocenters. The molecule has 0 bridgehead atoms. The summed E-state index contributed by atoms with van der Waals surface area (Å²) in [5, 5.41) is 20.1. The smallest absolute Gasteiger partial charge is 0.342 e. The number of aromatic hydroxyl groups is 1. The fourth-order valence-electron chi connectivity index (χ4n) is 1.12. The molecule has 7 nitrogen and oxygen atoms in total. The molecule has 86 valence electrons. The lowest BCUT2D eigenvalue weighted by molar-refractivity contribution is -0.386. The minimum Gasteiger partial charge on any atom is -0.501 e. The third kappa shape index (κ3) is 2.02. The molecule has 1 aromatic rings. The van der Waals surface area contributed by atoms with Crippen LogP contribution in [0, 0.1) is 10.1 Å². The second-order valence-corrected chi connectivity index (χ2v) is 2.79. The summed E-state index contributed by atoms with van der Waals surface area (Å²) >= 11 is 0. The highest BCUT2D eigenvalue weighted by molar-refractivity contribution is 5.94. The van der Waals surface area contributed by atoms with E-state index in [1.807, 2.05) is 0 Å². The monoisotopic (exact) mass is 227 g/mol. The molecule has 0 heterocycles. The molecule has 1 aromatic carbocycles. The number of phenols is 1. The molecule has 0 amide bonds. The molecule has 0 aromatic heterocycles. The molecule has 1 N–H and O–H groups in total. The molecule has 1 rings (SSSR count). The van der Waals surface area contributed by atoms with Crippen LogP contribution in [0.4, 0.5) is 5.69 Å². The van der Waals surface area contributed by atoms with Gasteiger partial charge in [0.2, 0.25) is 5.75 Å². The molecule has 0 fully saturated rings. The van der Waals surface area contributed by atoms with Gasteiger partial charge in [-0.3, -0.25) is 10.1 Å². The maximum absolute atomic E-state index is 11.2. The van der Waals surface area contributed by atoms with Crippen LogP contribution in [0.5, 0.6) is 11.5 Å². The lowest BCUT2D eigenvalue weighted by Gasteiger charge is -2.06. The van der Waals surface area contributed by atoms with Crippen molar-refractivity contribution in [1.82, 2.24) is 0 Å². The van der Waals surface area contributed by atoms with Crippen LogP contribution in [-0.4, -0.2) is 30.2 Å². The van der Waals surface area contributed by atoms with E-state index < -0.39 is 22.3 Å². The fraction of sp³-hybridized carbons (Fsp3) is 0.222. The number of nitrogens with zero attached hydrogens (tertiary/aromatic N) is 1. The average Bonchev–Trinajstić information content (AvgIpc) is 2.28. The van der Waals surface area contributed by atoms with E-state index in [-0.39, 0.29) is 11.3 Å². The van der Waals surface area contributed by atoms with Crippen LogP contribution < -0.4 is 4.74 Å². The number of carbonyl (C=O) groups excluding carboxylic acids is 1. The number of methoxy groups -OCH3 is 2. The number of hydrogen-bond acceptors (Lipinski definition) is 6. The Morgan fingerprint density at radius 2 is 2.06 bits per heavy atom. The van der Waals surface area contributed by atoms with Crippen molar-refractivity contribution in [2.24, 2.45) is 0 Å². The van der Waals surface area contributed by atoms with Crippen molar-refractivity contribution in [3.8, 4) is 11.5 Å². The standard InChI is InChI=1S/C9H9NO6/c1-15-5-3-6(9(12)16-2)8(11)7(4-5)10(13)14/h3-4,11H,1-2H3. The van der Waals surface area contributed by atoms with Gasteiger partial charge in [-0.2, -0.15) is 0 Å². The number of carbonyl (C=O) groups is 1. The van der Waals surface area contributed by atoms with Crippen LogP contribution in [-0.2, 0) is 4.74 Å². The Balaban J connectivity index is 3.43. The van der Waals surface area contributed by atoms with E-state index in [0.717, 1.165) is 19.2 Å². The molecular formula is C9H9NO6. The van der Waals surface area contributed by atoms with Gasteiger partial charge in [0.1, 0.15) is 11.3 Å². The van der Waals surface area contributed by atoms with E-state index in [1.54, 1.807) is 0 Å². The summed E-state index contributed by atoms with van der Waals surface area (Å²) in [5.74, 6) is -1.53. The predicted octanol–water partition coefficient (Wildman–Crippen LogP) is 1.10. The van der Waals surface area contributed by atoms with E-state index in [2.05, 4.69) is 4.74 Å². The summed E-state index contributed by atoms with van der Waals surface area (Å²) in [5.41, 5.74) is -0.923. The van der Waals surface area contributed by atoms with E-state index in [9.17, 15) is 20.0 Å². The molecule has 0 aliphatic carbocycles. The first-order chi connectivity index (χ1) is 7.51. The molecule has 7 heteroatoms. The zero-order valence-electron chi connectivity index (χ0n) is 8.59. The van der Waals surface area contributed by atoms with E-state index in [1.165, 1.54) is 7.11 Å². The molecule has 0 aliphatic rings. The molecule has 0 aliphatic heterocycles. The van der Waals surface area contributed by atoms with Crippen molar-refractivity contribution >= 4 is 11.7 Å². The molecular weight excluding hydrogens is 218 g/mol. The van der Waals surface area contributed by atoms with E-state index >= 15 is 0 Å². The normalized spacial score (nSPS) is 9.62. The van der Waals surface area contributed by atoms with Gasteiger partial charge >= 0.3 is 11.7 Å². The van der Waals surface area contributed by atoms with Gasteiger partial charge in [-0.1, -0.05) is 0 Å². The fourth-order valence-corrected chi connectivity index (χ4v) is 1.12. The minimum atomic E-state index is -0.875. The average molecular weight is 227 g/mol. The second kappa shape index (κ2) is 4.47. The van der Waals surface area contributed by atoms with Gasteiger partial charge in [-0.05, 0) is 6.07 Å². The summed E-state index contributed by atoms with van der Waals surface area (Å²) in [7, 11) is 2.39. The van der Waals surface area contributed by atoms with Gasteiger partial charge in [0, 0.05) is 0 Å². The van der Waals surface area contributed by atoms with E-state index in [0.29, 0.717) is 0 Å². The largest absolute Gasteiger partial charge is 0.501 e. The van der Waals surface area contributed by atoms with Crippen molar-refractivity contribution < 1.29 is 24.3 Å². The molecule has 0 spiro atoms. The lowest BCUT2D eigenvalue weighted by Crippen LogP contribution is -2.04. The number of hydrogen-bond donors (Lipinski definition) is 1. The minimum absolute atomic E-state index is 0.0879. The van der Waals surface area contributed by atoms with Gasteiger partial charge < -0.3 is 14.6 Å². The maximum atomic E-state index is 11.2. The van der Waals surface area contributed by atoms with Gasteiger partial charge in [-0.25, -0.2) is 4.79 Å². The Hall–Kier alpha value is -2.31. The second-order valence-electron chi connectivity index (χ2n) is 2.79. The van der Waals surface area contributed by atoms with Crippen molar-refractivity contribution in [2.45, 2.75) is 0 Å². The van der Waals surface area contributed by atoms with Crippen LogP contribution in [0.25, 0.3) is 0 Å². The van der Waals surface area contributed by atoms with Crippen molar-refractivity contribution in [2.75, 3.05) is 14.2 Å². The Morgan fingerprint density at radius 1 is 1.44 bits per heavy atom. The first-order valence-corrected chi connectivity index (χ1v) is 4.15. The zero-order valence-corrected chi connectivity index (χ0v) is 8.59. The zero-order chi connectivity index (χ0) is 12.3. The van der Waals surface area contributed by atoms with Gasteiger partial charge in [0.15, 0.2) is 0 Å². The van der Waals surface area contributed by atoms with Crippen LogP contribution in [0.3, 0.4) is 0 Å². The third-order valence-electron chi connectivity index (χ3n) is 1.90. The highest BCUT2D eigenvalue weighted by atomic mass is 16.6. The van der Waals surface area contributed by atoms with Crippen LogP contribution in [0.2, 0.25) is 0 Å². The molecule has 0 radical (unpaired) electrons. The van der Waals surface area contributed by atoms with Crippen molar-refractivity contribution in [1.29, 1.82) is 0 Å². The quantitative estimate of drug-likeness (QED) is 0.471. The Morgan fingerprint density at radius 3 is 2.50 bits per heavy atom. The number of nitro groups is 1. The van der Waals surface area contributed by atoms with Gasteiger partial charge in [0.05, 0.1) is 25.2 Å². The summed E-state index contributed by atoms with van der Waals surface area (Å²) in [6.45, 7) is 0. The Kier molecular flexibility index (Phi) is 3.29. The summed E-state index contributed by atoms with van der Waals surface area (Å²) in [6.07, 6.45) is 0. The first kappa shape index (κ1) is 11.8. The molecule has 0 unspecified atom stereocenters. The summed E-state index contributed by atoms with van der Waals surface area (Å²) in [4.78, 5) is 21.0. The Bertz CT molecular complexity index is 442. The first-order valence-electron chi connectivity index (χ1n) is 4.15. The van der Waals surface area contributed by atoms with Crippen LogP contribution >= 0.6 is 0 Å². The number of phenolic OH excluding ortho intramolecular Hbond substituents is 1. The topological polar surface area (TPSA) is 98.9 Å². The van der Waals surface area contributed by atoms with Crippen molar-refractivity contribution in [3.63, 3.8) is 0 Å². The number of benzene rings is 1. The predicted molar refractivity (Wildman–Crippen MR) is 52.7 cm³/mol. The van der Waals surface area contributed by atoms with Crippen LogP contribution in [0.1, 0.15) is 10.4 Å². The summed E-state index contributed by atoms with van der Waals surface area (Å²) < 4.78 is 9.15. The van der Waals surface area contributed by atoms with Crippen LogP contribution in [0.15, 0.2) is 12.1 Å². The van der Waals surface area contributed by atoms with Gasteiger partial charge in [-0.15, -0.1) is 0 Å². The number of nitro benzene ring substituents is 1.